The fourth-order valence-electron chi connectivity index (χ4n) is 2.94. The second kappa shape index (κ2) is 8.96. The zero-order chi connectivity index (χ0) is 20.1. The van der Waals surface area contributed by atoms with Crippen molar-refractivity contribution in [1.29, 1.82) is 0 Å². The Hall–Kier alpha value is -3.06. The molecular formula is C22H22N4O2S. The second-order valence-corrected chi connectivity index (χ2v) is 7.74. The smallest absolute Gasteiger partial charge is 0.234 e. The number of nitrogens with zero attached hydrogens (tertiary/aromatic N) is 3. The molecule has 1 fully saturated rings. The molecule has 1 aliphatic rings. The fraction of sp³-hybridized carbons (Fsp3) is 0.227. The third-order valence-electron chi connectivity index (χ3n) is 4.43. The molecule has 0 radical (unpaired) electrons. The lowest BCUT2D eigenvalue weighted by Gasteiger charge is -2.09. The van der Waals surface area contributed by atoms with E-state index >= 15 is 0 Å². The number of para-hydroxylation sites is 1. The van der Waals surface area contributed by atoms with Gasteiger partial charge in [-0.25, -0.2) is 0 Å². The van der Waals surface area contributed by atoms with Crippen LogP contribution in [0.1, 0.15) is 24.6 Å². The van der Waals surface area contributed by atoms with E-state index in [2.05, 4.69) is 26.7 Å². The molecule has 0 atom stereocenters. The molecule has 1 aromatic heterocycles. The summed E-state index contributed by atoms with van der Waals surface area (Å²) in [7, 11) is 0. The van der Waals surface area contributed by atoms with Crippen LogP contribution in [0.3, 0.4) is 0 Å². The highest BCUT2D eigenvalue weighted by Crippen LogP contribution is 2.40. The normalized spacial score (nSPS) is 13.1. The van der Waals surface area contributed by atoms with Crippen LogP contribution >= 0.6 is 11.8 Å². The Morgan fingerprint density at radius 3 is 2.72 bits per heavy atom. The number of hydrogen-bond acceptors (Lipinski definition) is 5. The summed E-state index contributed by atoms with van der Waals surface area (Å²) in [6.07, 6.45) is 4.14. The minimum atomic E-state index is -0.104. The van der Waals surface area contributed by atoms with Crippen molar-refractivity contribution in [2.45, 2.75) is 30.5 Å². The highest BCUT2D eigenvalue weighted by Gasteiger charge is 2.30. The van der Waals surface area contributed by atoms with Crippen LogP contribution in [-0.4, -0.2) is 26.4 Å². The monoisotopic (exact) mass is 406 g/mol. The summed E-state index contributed by atoms with van der Waals surface area (Å²) in [6, 6.07) is 16.9. The first-order valence-electron chi connectivity index (χ1n) is 9.52. The molecule has 1 heterocycles. The second-order valence-electron chi connectivity index (χ2n) is 6.79. The molecule has 29 heavy (non-hydrogen) atoms. The number of aromatic nitrogens is 3. The Kier molecular flexibility index (Phi) is 5.95. The number of nitrogens with one attached hydrogen (secondary N) is 1. The molecule has 0 saturated heterocycles. The molecule has 1 saturated carbocycles. The summed E-state index contributed by atoms with van der Waals surface area (Å²) >= 11 is 1.39. The average molecular weight is 407 g/mol. The Morgan fingerprint density at radius 2 is 1.97 bits per heavy atom. The Bertz CT molecular complexity index is 999. The van der Waals surface area contributed by atoms with E-state index < -0.39 is 0 Å². The van der Waals surface area contributed by atoms with Gasteiger partial charge in [-0.3, -0.25) is 4.79 Å². The predicted molar refractivity (Wildman–Crippen MR) is 115 cm³/mol. The maximum Gasteiger partial charge on any atom is 0.234 e. The number of hydrogen-bond donors (Lipinski definition) is 1. The topological polar surface area (TPSA) is 69.0 Å². The number of anilines is 1. The molecule has 4 rings (SSSR count). The molecule has 1 amide bonds. The number of carbonyl (C=O) groups is 1. The number of benzene rings is 2. The lowest BCUT2D eigenvalue weighted by molar-refractivity contribution is -0.113. The van der Waals surface area contributed by atoms with Crippen LogP contribution in [0.5, 0.6) is 11.5 Å². The zero-order valence-corrected chi connectivity index (χ0v) is 16.8. The van der Waals surface area contributed by atoms with Crippen molar-refractivity contribution in [1.82, 2.24) is 14.8 Å². The SMILES string of the molecule is C=CCn1c(SCC(=O)Nc2cccc(Oc3ccccc3)c2)nnc1C1CC1. The van der Waals surface area contributed by atoms with Crippen LogP contribution in [0.2, 0.25) is 0 Å². The van der Waals surface area contributed by atoms with Gasteiger partial charge in [-0.15, -0.1) is 16.8 Å². The lowest BCUT2D eigenvalue weighted by Crippen LogP contribution is -2.14. The third-order valence-corrected chi connectivity index (χ3v) is 5.40. The molecule has 0 bridgehead atoms. The Morgan fingerprint density at radius 1 is 1.17 bits per heavy atom. The van der Waals surface area contributed by atoms with Crippen molar-refractivity contribution in [2.75, 3.05) is 11.1 Å². The van der Waals surface area contributed by atoms with Crippen molar-refractivity contribution >= 4 is 23.4 Å². The lowest BCUT2D eigenvalue weighted by atomic mass is 10.3. The van der Waals surface area contributed by atoms with Crippen LogP contribution in [-0.2, 0) is 11.3 Å². The first-order chi connectivity index (χ1) is 14.2. The van der Waals surface area contributed by atoms with Gasteiger partial charge in [-0.1, -0.05) is 42.1 Å². The molecule has 7 heteroatoms. The minimum absolute atomic E-state index is 0.104. The van der Waals surface area contributed by atoms with Gasteiger partial charge in [0.05, 0.1) is 5.75 Å². The van der Waals surface area contributed by atoms with E-state index in [1.54, 1.807) is 6.07 Å². The van der Waals surface area contributed by atoms with E-state index in [1.807, 2.05) is 54.6 Å². The first-order valence-corrected chi connectivity index (χ1v) is 10.5. The molecule has 0 unspecified atom stereocenters. The summed E-state index contributed by atoms with van der Waals surface area (Å²) in [5, 5.41) is 12.2. The van der Waals surface area contributed by atoms with Crippen LogP contribution in [0.25, 0.3) is 0 Å². The van der Waals surface area contributed by atoms with Crippen LogP contribution in [0.4, 0.5) is 5.69 Å². The molecular weight excluding hydrogens is 384 g/mol. The average Bonchev–Trinajstić information content (AvgIpc) is 3.49. The summed E-state index contributed by atoms with van der Waals surface area (Å²) in [5.41, 5.74) is 0.690. The van der Waals surface area contributed by atoms with Gasteiger partial charge < -0.3 is 14.6 Å². The standard InChI is InChI=1S/C22H22N4O2S/c1-2-13-26-21(16-11-12-16)24-25-22(26)29-15-20(27)23-17-7-6-10-19(14-17)28-18-8-4-3-5-9-18/h2-10,14,16H,1,11-13,15H2,(H,23,27). The molecule has 3 aromatic rings. The molecule has 2 aromatic carbocycles. The van der Waals surface area contributed by atoms with E-state index in [0.717, 1.165) is 29.6 Å². The van der Waals surface area contributed by atoms with Gasteiger partial charge in [-0.05, 0) is 37.1 Å². The van der Waals surface area contributed by atoms with E-state index in [0.29, 0.717) is 23.9 Å². The third kappa shape index (κ3) is 5.06. The number of allylic oxidation sites excluding steroid dienone is 1. The maximum atomic E-state index is 12.4. The van der Waals surface area contributed by atoms with Gasteiger partial charge in [0.1, 0.15) is 17.3 Å². The van der Waals surface area contributed by atoms with Crippen molar-refractivity contribution in [3.05, 3.63) is 73.1 Å². The largest absolute Gasteiger partial charge is 0.457 e. The molecule has 1 aliphatic carbocycles. The quantitative estimate of drug-likeness (QED) is 0.406. The van der Waals surface area contributed by atoms with Gasteiger partial charge in [0.2, 0.25) is 5.91 Å². The molecule has 6 nitrogen and oxygen atoms in total. The van der Waals surface area contributed by atoms with Gasteiger partial charge >= 0.3 is 0 Å². The summed E-state index contributed by atoms with van der Waals surface area (Å²) in [4.78, 5) is 12.4. The van der Waals surface area contributed by atoms with Crippen LogP contribution in [0.15, 0.2) is 72.4 Å². The number of ether oxygens (including phenoxy) is 1. The van der Waals surface area contributed by atoms with Crippen LogP contribution < -0.4 is 10.1 Å². The summed E-state index contributed by atoms with van der Waals surface area (Å²) in [6.45, 7) is 4.46. The van der Waals surface area contributed by atoms with Crippen molar-refractivity contribution in [3.63, 3.8) is 0 Å². The van der Waals surface area contributed by atoms with Crippen molar-refractivity contribution in [2.24, 2.45) is 0 Å². The Labute approximate surface area is 174 Å². The van der Waals surface area contributed by atoms with E-state index in [9.17, 15) is 4.79 Å². The fourth-order valence-corrected chi connectivity index (χ4v) is 3.69. The van der Waals surface area contributed by atoms with Gasteiger partial charge in [-0.2, -0.15) is 0 Å². The Balaban J connectivity index is 1.35. The number of amides is 1. The van der Waals surface area contributed by atoms with Gasteiger partial charge in [0.25, 0.3) is 0 Å². The molecule has 148 valence electrons. The van der Waals surface area contributed by atoms with Crippen molar-refractivity contribution < 1.29 is 9.53 Å². The molecule has 0 spiro atoms. The van der Waals surface area contributed by atoms with E-state index in [4.69, 9.17) is 4.74 Å². The predicted octanol–water partition coefficient (Wildman–Crippen LogP) is 4.86. The number of rotatable bonds is 9. The van der Waals surface area contributed by atoms with E-state index in [-0.39, 0.29) is 11.7 Å². The maximum absolute atomic E-state index is 12.4. The molecule has 0 aliphatic heterocycles. The van der Waals surface area contributed by atoms with Crippen LogP contribution in [0, 0.1) is 0 Å². The minimum Gasteiger partial charge on any atom is -0.457 e. The molecule has 1 N–H and O–H groups in total. The van der Waals surface area contributed by atoms with E-state index in [1.165, 1.54) is 11.8 Å². The highest BCUT2D eigenvalue weighted by atomic mass is 32.2. The highest BCUT2D eigenvalue weighted by molar-refractivity contribution is 7.99. The van der Waals surface area contributed by atoms with Crippen molar-refractivity contribution in [3.8, 4) is 11.5 Å². The summed E-state index contributed by atoms with van der Waals surface area (Å²) < 4.78 is 7.87. The number of carbonyl (C=O) groups excluding carboxylic acids is 1. The zero-order valence-electron chi connectivity index (χ0n) is 16.0. The van der Waals surface area contributed by atoms with Gasteiger partial charge in [0.15, 0.2) is 5.16 Å². The first kappa shape index (κ1) is 19.3. The number of thioether (sulfide) groups is 1. The van der Waals surface area contributed by atoms with Gasteiger partial charge in [0, 0.05) is 24.2 Å². The summed E-state index contributed by atoms with van der Waals surface area (Å²) in [5.74, 6) is 3.06.